The van der Waals surface area contributed by atoms with Crippen LogP contribution in [0.25, 0.3) is 10.9 Å². The number of hydrogen-bond donors (Lipinski definition) is 2. The molecule has 0 fully saturated rings. The zero-order valence-electron chi connectivity index (χ0n) is 12.6. The van der Waals surface area contributed by atoms with E-state index in [2.05, 4.69) is 4.98 Å². The Hall–Kier alpha value is -2.37. The van der Waals surface area contributed by atoms with Crippen molar-refractivity contribution in [3.63, 3.8) is 0 Å². The van der Waals surface area contributed by atoms with E-state index in [1.807, 2.05) is 0 Å². The molecule has 0 unspecified atom stereocenters. The summed E-state index contributed by atoms with van der Waals surface area (Å²) in [6, 6.07) is 4.19. The summed E-state index contributed by atoms with van der Waals surface area (Å²) in [6.45, 7) is 5.01. The van der Waals surface area contributed by atoms with Gasteiger partial charge in [0.15, 0.2) is 5.92 Å². The Kier molecular flexibility index (Phi) is 4.21. The standard InChI is InChI=1S/C16H18FNO4/c1-16(2,3)22-15(21)12(14(19)20)6-9-8-18-13-5-4-10(17)7-11(9)13/h4-5,7-8,12,18H,6H2,1-3H3,(H,19,20)/t12-/m1/s1. The van der Waals surface area contributed by atoms with Crippen LogP contribution in [-0.2, 0) is 20.7 Å². The van der Waals surface area contributed by atoms with Gasteiger partial charge in [-0.3, -0.25) is 9.59 Å². The van der Waals surface area contributed by atoms with Crippen molar-refractivity contribution in [3.05, 3.63) is 35.8 Å². The molecule has 2 aromatic rings. The summed E-state index contributed by atoms with van der Waals surface area (Å²) in [5.74, 6) is -3.82. The maximum atomic E-state index is 13.3. The number of benzene rings is 1. The number of aromatic nitrogens is 1. The number of nitrogens with one attached hydrogen (secondary N) is 1. The summed E-state index contributed by atoms with van der Waals surface area (Å²) < 4.78 is 18.5. The van der Waals surface area contributed by atoms with Gasteiger partial charge in [-0.25, -0.2) is 4.39 Å². The first kappa shape index (κ1) is 16.0. The minimum Gasteiger partial charge on any atom is -0.481 e. The van der Waals surface area contributed by atoms with Gasteiger partial charge in [0.25, 0.3) is 0 Å². The lowest BCUT2D eigenvalue weighted by Crippen LogP contribution is -2.33. The van der Waals surface area contributed by atoms with E-state index in [1.165, 1.54) is 12.1 Å². The van der Waals surface area contributed by atoms with Gasteiger partial charge in [-0.1, -0.05) is 0 Å². The van der Waals surface area contributed by atoms with Crippen molar-refractivity contribution >= 4 is 22.8 Å². The number of carboxylic acids is 1. The molecule has 0 radical (unpaired) electrons. The van der Waals surface area contributed by atoms with E-state index in [0.29, 0.717) is 16.5 Å². The van der Waals surface area contributed by atoms with Crippen molar-refractivity contribution in [2.24, 2.45) is 5.92 Å². The third-order valence-electron chi connectivity index (χ3n) is 3.14. The highest BCUT2D eigenvalue weighted by Crippen LogP contribution is 2.23. The number of carbonyl (C=O) groups excluding carboxylic acids is 1. The summed E-state index contributed by atoms with van der Waals surface area (Å²) in [4.78, 5) is 26.3. The van der Waals surface area contributed by atoms with Crippen molar-refractivity contribution in [2.75, 3.05) is 0 Å². The van der Waals surface area contributed by atoms with Crippen molar-refractivity contribution in [2.45, 2.75) is 32.8 Å². The van der Waals surface area contributed by atoms with Gasteiger partial charge in [-0.05, 0) is 51.0 Å². The third kappa shape index (κ3) is 3.63. The molecule has 1 atom stereocenters. The summed E-state index contributed by atoms with van der Waals surface area (Å²) >= 11 is 0. The Morgan fingerprint density at radius 1 is 1.36 bits per heavy atom. The number of halogens is 1. The maximum Gasteiger partial charge on any atom is 0.321 e. The molecule has 0 saturated carbocycles. The van der Waals surface area contributed by atoms with Crippen LogP contribution in [0.4, 0.5) is 4.39 Å². The predicted octanol–water partition coefficient (Wildman–Crippen LogP) is 2.89. The minimum atomic E-state index is -1.33. The predicted molar refractivity (Wildman–Crippen MR) is 78.9 cm³/mol. The van der Waals surface area contributed by atoms with Gasteiger partial charge in [0, 0.05) is 17.1 Å². The number of esters is 1. The first-order chi connectivity index (χ1) is 10.2. The Balaban J connectivity index is 2.29. The molecule has 0 amide bonds. The Bertz CT molecular complexity index is 714. The van der Waals surface area contributed by atoms with Crippen LogP contribution in [0.5, 0.6) is 0 Å². The second-order valence-electron chi connectivity index (χ2n) is 6.13. The fourth-order valence-corrected chi connectivity index (χ4v) is 2.18. The fourth-order valence-electron chi connectivity index (χ4n) is 2.18. The molecule has 1 aromatic carbocycles. The van der Waals surface area contributed by atoms with E-state index < -0.39 is 29.3 Å². The summed E-state index contributed by atoms with van der Waals surface area (Å²) in [5, 5.41) is 9.85. The van der Waals surface area contributed by atoms with Crippen molar-refractivity contribution in [1.82, 2.24) is 4.98 Å². The van der Waals surface area contributed by atoms with Gasteiger partial charge in [0.1, 0.15) is 11.4 Å². The van der Waals surface area contributed by atoms with Crippen LogP contribution in [0.3, 0.4) is 0 Å². The number of rotatable bonds is 4. The topological polar surface area (TPSA) is 79.4 Å². The molecule has 0 aliphatic heterocycles. The van der Waals surface area contributed by atoms with Crippen LogP contribution in [0, 0.1) is 11.7 Å². The van der Waals surface area contributed by atoms with Crippen LogP contribution in [0.2, 0.25) is 0 Å². The van der Waals surface area contributed by atoms with Crippen molar-refractivity contribution in [3.8, 4) is 0 Å². The molecule has 22 heavy (non-hydrogen) atoms. The number of fused-ring (bicyclic) bond motifs is 1. The van der Waals surface area contributed by atoms with Crippen LogP contribution in [-0.4, -0.2) is 27.6 Å². The number of H-pyrrole nitrogens is 1. The molecule has 0 aliphatic rings. The molecule has 5 nitrogen and oxygen atoms in total. The van der Waals surface area contributed by atoms with Gasteiger partial charge < -0.3 is 14.8 Å². The summed E-state index contributed by atoms with van der Waals surface area (Å²) in [5.41, 5.74) is 0.481. The molecule has 2 rings (SSSR count). The maximum absolute atomic E-state index is 13.3. The smallest absolute Gasteiger partial charge is 0.321 e. The molecule has 0 bridgehead atoms. The Morgan fingerprint density at radius 2 is 2.05 bits per heavy atom. The quantitative estimate of drug-likeness (QED) is 0.672. The minimum absolute atomic E-state index is 0.0618. The number of aromatic amines is 1. The lowest BCUT2D eigenvalue weighted by atomic mass is 9.98. The van der Waals surface area contributed by atoms with Gasteiger partial charge in [-0.2, -0.15) is 0 Å². The Morgan fingerprint density at radius 3 is 2.64 bits per heavy atom. The Labute approximate surface area is 127 Å². The summed E-state index contributed by atoms with van der Waals surface area (Å²) in [6.07, 6.45) is 1.53. The molecule has 1 heterocycles. The molecular weight excluding hydrogens is 289 g/mol. The van der Waals surface area contributed by atoms with Crippen LogP contribution >= 0.6 is 0 Å². The van der Waals surface area contributed by atoms with Gasteiger partial charge >= 0.3 is 11.9 Å². The van der Waals surface area contributed by atoms with E-state index in [-0.39, 0.29) is 6.42 Å². The van der Waals surface area contributed by atoms with E-state index in [9.17, 15) is 19.1 Å². The number of aliphatic carboxylic acids is 1. The van der Waals surface area contributed by atoms with Crippen molar-refractivity contribution < 1.29 is 23.8 Å². The van der Waals surface area contributed by atoms with Crippen molar-refractivity contribution in [1.29, 1.82) is 0 Å². The lowest BCUT2D eigenvalue weighted by molar-refractivity contribution is -0.166. The van der Waals surface area contributed by atoms with Crippen LogP contribution in [0.1, 0.15) is 26.3 Å². The summed E-state index contributed by atoms with van der Waals surface area (Å²) in [7, 11) is 0. The van der Waals surface area contributed by atoms with Gasteiger partial charge in [0.2, 0.25) is 0 Å². The molecule has 2 N–H and O–H groups in total. The number of carbonyl (C=O) groups is 2. The highest BCUT2D eigenvalue weighted by Gasteiger charge is 2.32. The molecule has 0 saturated heterocycles. The SMILES string of the molecule is CC(C)(C)OC(=O)[C@H](Cc1c[nH]c2ccc(F)cc12)C(=O)O. The second-order valence-corrected chi connectivity index (χ2v) is 6.13. The lowest BCUT2D eigenvalue weighted by Gasteiger charge is -2.22. The first-order valence-corrected chi connectivity index (χ1v) is 6.88. The highest BCUT2D eigenvalue weighted by atomic mass is 19.1. The van der Waals surface area contributed by atoms with Gasteiger partial charge in [-0.15, -0.1) is 0 Å². The molecule has 6 heteroatoms. The number of carboxylic acid groups (broad SMARTS) is 1. The highest BCUT2D eigenvalue weighted by molar-refractivity contribution is 5.95. The second kappa shape index (κ2) is 5.79. The van der Waals surface area contributed by atoms with E-state index in [4.69, 9.17) is 4.74 Å². The van der Waals surface area contributed by atoms with E-state index in [0.717, 1.165) is 0 Å². The van der Waals surface area contributed by atoms with E-state index in [1.54, 1.807) is 33.0 Å². The number of hydrogen-bond acceptors (Lipinski definition) is 3. The average Bonchev–Trinajstić information content (AvgIpc) is 2.75. The fraction of sp³-hybridized carbons (Fsp3) is 0.375. The molecule has 0 aliphatic carbocycles. The van der Waals surface area contributed by atoms with Crippen LogP contribution < -0.4 is 0 Å². The molecular formula is C16H18FNO4. The van der Waals surface area contributed by atoms with Crippen LogP contribution in [0.15, 0.2) is 24.4 Å². The molecule has 0 spiro atoms. The zero-order valence-corrected chi connectivity index (χ0v) is 12.6. The largest absolute Gasteiger partial charge is 0.481 e. The van der Waals surface area contributed by atoms with E-state index >= 15 is 0 Å². The number of ether oxygens (including phenoxy) is 1. The average molecular weight is 307 g/mol. The monoisotopic (exact) mass is 307 g/mol. The zero-order chi connectivity index (χ0) is 16.5. The normalized spacial score (nSPS) is 13.1. The molecule has 1 aromatic heterocycles. The first-order valence-electron chi connectivity index (χ1n) is 6.88. The third-order valence-corrected chi connectivity index (χ3v) is 3.14. The van der Waals surface area contributed by atoms with Gasteiger partial charge in [0.05, 0.1) is 0 Å². The molecule has 118 valence electrons.